The maximum atomic E-state index is 10.6. The van der Waals surface area contributed by atoms with Gasteiger partial charge < -0.3 is 13.8 Å². The van der Waals surface area contributed by atoms with Crippen LogP contribution in [0.15, 0.2) is 51.3 Å². The van der Waals surface area contributed by atoms with Gasteiger partial charge in [-0.2, -0.15) is 0 Å². The second-order valence-corrected chi connectivity index (χ2v) is 4.83. The topological polar surface area (TPSA) is 85.2 Å². The molecule has 0 radical (unpaired) electrons. The van der Waals surface area contributed by atoms with Crippen LogP contribution in [-0.4, -0.2) is 9.91 Å². The van der Waals surface area contributed by atoms with Crippen molar-refractivity contribution in [2.24, 2.45) is 0 Å². The maximum absolute atomic E-state index is 10.6. The molecule has 0 bridgehead atoms. The number of hydrogen-bond acceptors (Lipinski definition) is 4. The number of aromatic amines is 1. The zero-order valence-electron chi connectivity index (χ0n) is 11.3. The van der Waals surface area contributed by atoms with E-state index in [0.717, 1.165) is 22.0 Å². The minimum Gasteiger partial charge on any atom is -0.454 e. The molecule has 0 unspecified atom stereocenters. The fourth-order valence-electron chi connectivity index (χ4n) is 2.41. The van der Waals surface area contributed by atoms with E-state index in [1.54, 1.807) is 18.2 Å². The lowest BCUT2D eigenvalue weighted by Crippen LogP contribution is -1.82. The maximum Gasteiger partial charge on any atom is 0.433 e. The van der Waals surface area contributed by atoms with Gasteiger partial charge in [-0.15, -0.1) is 0 Å². The van der Waals surface area contributed by atoms with Crippen molar-refractivity contribution >= 4 is 40.0 Å². The lowest BCUT2D eigenvalue weighted by molar-refractivity contribution is -0.402. The number of nitro groups is 1. The SMILES string of the molecule is O=[N+]([O-])c1ccc(/C=C/c2cc3[nH]c4ccccc4c3o2)o1. The van der Waals surface area contributed by atoms with Crippen LogP contribution in [-0.2, 0) is 0 Å². The molecule has 3 aromatic heterocycles. The third-order valence-corrected chi connectivity index (χ3v) is 3.40. The Labute approximate surface area is 123 Å². The molecule has 0 saturated heterocycles. The van der Waals surface area contributed by atoms with Crippen LogP contribution in [0.4, 0.5) is 5.88 Å². The number of benzene rings is 1. The first-order chi connectivity index (χ1) is 10.7. The highest BCUT2D eigenvalue weighted by atomic mass is 16.6. The van der Waals surface area contributed by atoms with Gasteiger partial charge in [0, 0.05) is 17.0 Å². The molecule has 6 heteroatoms. The molecule has 0 atom stereocenters. The molecule has 0 amide bonds. The van der Waals surface area contributed by atoms with Crippen LogP contribution < -0.4 is 0 Å². The van der Waals surface area contributed by atoms with E-state index in [9.17, 15) is 10.1 Å². The Morgan fingerprint density at radius 2 is 1.82 bits per heavy atom. The van der Waals surface area contributed by atoms with E-state index in [1.807, 2.05) is 30.3 Å². The molecule has 3 heterocycles. The van der Waals surface area contributed by atoms with Crippen molar-refractivity contribution in [3.63, 3.8) is 0 Å². The summed E-state index contributed by atoms with van der Waals surface area (Å²) in [6.45, 7) is 0. The number of nitrogens with zero attached hydrogens (tertiary/aromatic N) is 1. The lowest BCUT2D eigenvalue weighted by atomic mass is 10.2. The van der Waals surface area contributed by atoms with E-state index in [0.29, 0.717) is 11.5 Å². The number of furan rings is 2. The van der Waals surface area contributed by atoms with Crippen molar-refractivity contribution in [3.05, 3.63) is 64.1 Å². The Morgan fingerprint density at radius 3 is 2.64 bits per heavy atom. The third-order valence-electron chi connectivity index (χ3n) is 3.40. The van der Waals surface area contributed by atoms with E-state index < -0.39 is 4.92 Å². The molecule has 4 aromatic rings. The standard InChI is InChI=1S/C16H10N2O4/c19-18(20)15-8-7-10(21-15)5-6-11-9-14-16(22-11)12-3-1-2-4-13(12)17-14/h1-9,17H/b6-5+. The molecule has 0 aliphatic heterocycles. The zero-order valence-corrected chi connectivity index (χ0v) is 11.3. The summed E-state index contributed by atoms with van der Waals surface area (Å²) < 4.78 is 10.9. The molecule has 22 heavy (non-hydrogen) atoms. The van der Waals surface area contributed by atoms with Crippen LogP contribution >= 0.6 is 0 Å². The Balaban J connectivity index is 1.68. The van der Waals surface area contributed by atoms with Gasteiger partial charge in [0.15, 0.2) is 5.58 Å². The predicted octanol–water partition coefficient (Wildman–Crippen LogP) is 4.59. The van der Waals surface area contributed by atoms with Crippen LogP contribution in [0, 0.1) is 10.1 Å². The highest BCUT2D eigenvalue weighted by Gasteiger charge is 2.11. The van der Waals surface area contributed by atoms with Crippen molar-refractivity contribution in [2.45, 2.75) is 0 Å². The van der Waals surface area contributed by atoms with Gasteiger partial charge in [0.25, 0.3) is 0 Å². The Morgan fingerprint density at radius 1 is 1.00 bits per heavy atom. The van der Waals surface area contributed by atoms with Gasteiger partial charge in [0.2, 0.25) is 0 Å². The van der Waals surface area contributed by atoms with E-state index in [-0.39, 0.29) is 5.88 Å². The summed E-state index contributed by atoms with van der Waals surface area (Å²) in [6.07, 6.45) is 3.35. The average Bonchev–Trinajstić information content (AvgIpc) is 3.19. The summed E-state index contributed by atoms with van der Waals surface area (Å²) in [4.78, 5) is 13.3. The van der Waals surface area contributed by atoms with E-state index in [1.165, 1.54) is 6.07 Å². The lowest BCUT2D eigenvalue weighted by Gasteiger charge is -1.88. The Kier molecular flexibility index (Phi) is 2.62. The first kappa shape index (κ1) is 12.5. The second-order valence-electron chi connectivity index (χ2n) is 4.83. The molecule has 0 fully saturated rings. The number of para-hydroxylation sites is 1. The van der Waals surface area contributed by atoms with Gasteiger partial charge >= 0.3 is 5.88 Å². The van der Waals surface area contributed by atoms with Gasteiger partial charge in [0.05, 0.1) is 11.6 Å². The number of nitrogens with one attached hydrogen (secondary N) is 1. The molecular weight excluding hydrogens is 284 g/mol. The molecule has 1 N–H and O–H groups in total. The molecule has 0 aliphatic carbocycles. The average molecular weight is 294 g/mol. The summed E-state index contributed by atoms with van der Waals surface area (Å²) in [7, 11) is 0. The van der Waals surface area contributed by atoms with Crippen molar-refractivity contribution < 1.29 is 13.8 Å². The summed E-state index contributed by atoms with van der Waals surface area (Å²) in [5.74, 6) is 0.764. The van der Waals surface area contributed by atoms with Crippen molar-refractivity contribution in [1.82, 2.24) is 4.98 Å². The zero-order chi connectivity index (χ0) is 15.1. The van der Waals surface area contributed by atoms with E-state index in [4.69, 9.17) is 8.83 Å². The molecule has 1 aromatic carbocycles. The predicted molar refractivity (Wildman–Crippen MR) is 82.4 cm³/mol. The quantitative estimate of drug-likeness (QED) is 0.442. The minimum absolute atomic E-state index is 0.280. The highest BCUT2D eigenvalue weighted by Crippen LogP contribution is 2.29. The molecule has 0 spiro atoms. The van der Waals surface area contributed by atoms with Crippen LogP contribution in [0.1, 0.15) is 11.5 Å². The fourth-order valence-corrected chi connectivity index (χ4v) is 2.41. The minimum atomic E-state index is -0.570. The van der Waals surface area contributed by atoms with Gasteiger partial charge in [-0.1, -0.05) is 12.1 Å². The van der Waals surface area contributed by atoms with Crippen LogP contribution in [0.3, 0.4) is 0 Å². The fraction of sp³-hybridized carbons (Fsp3) is 0. The number of hydrogen-bond donors (Lipinski definition) is 1. The van der Waals surface area contributed by atoms with E-state index >= 15 is 0 Å². The summed E-state index contributed by atoms with van der Waals surface area (Å²) in [5, 5.41) is 11.6. The second kappa shape index (κ2) is 4.63. The normalized spacial score (nSPS) is 11.8. The molecule has 108 valence electrons. The largest absolute Gasteiger partial charge is 0.454 e. The number of fused-ring (bicyclic) bond motifs is 3. The summed E-state index contributed by atoms with van der Waals surface area (Å²) in [6, 6.07) is 12.6. The van der Waals surface area contributed by atoms with E-state index in [2.05, 4.69) is 4.98 Å². The number of H-pyrrole nitrogens is 1. The number of aromatic nitrogens is 1. The van der Waals surface area contributed by atoms with Crippen molar-refractivity contribution in [2.75, 3.05) is 0 Å². The molecule has 6 nitrogen and oxygen atoms in total. The Hall–Kier alpha value is -3.28. The van der Waals surface area contributed by atoms with Crippen LogP contribution in [0.5, 0.6) is 0 Å². The van der Waals surface area contributed by atoms with Crippen LogP contribution in [0.25, 0.3) is 34.2 Å². The first-order valence-electron chi connectivity index (χ1n) is 6.63. The molecule has 0 aliphatic rings. The third kappa shape index (κ3) is 1.98. The van der Waals surface area contributed by atoms with Crippen molar-refractivity contribution in [3.8, 4) is 0 Å². The van der Waals surface area contributed by atoms with Crippen LogP contribution in [0.2, 0.25) is 0 Å². The monoisotopic (exact) mass is 294 g/mol. The molecule has 4 rings (SSSR count). The highest BCUT2D eigenvalue weighted by molar-refractivity contribution is 6.04. The smallest absolute Gasteiger partial charge is 0.433 e. The summed E-state index contributed by atoms with van der Waals surface area (Å²) >= 11 is 0. The number of rotatable bonds is 3. The van der Waals surface area contributed by atoms with Gasteiger partial charge in [-0.25, -0.2) is 0 Å². The van der Waals surface area contributed by atoms with Gasteiger partial charge in [-0.05, 0) is 30.4 Å². The van der Waals surface area contributed by atoms with Crippen molar-refractivity contribution in [1.29, 1.82) is 0 Å². The molecule has 0 saturated carbocycles. The first-order valence-corrected chi connectivity index (χ1v) is 6.63. The Bertz CT molecular complexity index is 1020. The van der Waals surface area contributed by atoms with Gasteiger partial charge in [0.1, 0.15) is 16.4 Å². The molecular formula is C16H10N2O4. The van der Waals surface area contributed by atoms with Gasteiger partial charge in [-0.3, -0.25) is 10.1 Å². The summed E-state index contributed by atoms with van der Waals surface area (Å²) in [5.41, 5.74) is 2.72.